The Hall–Kier alpha value is -0.260. The van der Waals surface area contributed by atoms with Crippen LogP contribution in [0, 0.1) is 122 Å². The predicted octanol–water partition coefficient (Wildman–Crippen LogP) is 25.9. The number of hydrogen-bond donors (Lipinski definition) is 3. The molecule has 0 heterocycles. The van der Waals surface area contributed by atoms with Gasteiger partial charge in [-0.3, -0.25) is 0 Å². The summed E-state index contributed by atoms with van der Waals surface area (Å²) in [6.07, 6.45) is 39.2. The van der Waals surface area contributed by atoms with Gasteiger partial charge in [0.1, 0.15) is 12.3 Å². The fraction of sp³-hybridized carbons (Fsp3) is 1.00. The van der Waals surface area contributed by atoms with Crippen LogP contribution in [-0.2, 0) is 0 Å². The van der Waals surface area contributed by atoms with E-state index in [0.717, 1.165) is 139 Å². The van der Waals surface area contributed by atoms with Gasteiger partial charge in [-0.25, -0.2) is 8.78 Å². The minimum Gasteiger partial charge on any atom is -0.393 e. The van der Waals surface area contributed by atoms with Gasteiger partial charge in [0.2, 0.25) is 0 Å². The second-order valence-electron chi connectivity index (χ2n) is 34.4. The molecule has 0 spiro atoms. The summed E-state index contributed by atoms with van der Waals surface area (Å²) in [6, 6.07) is 0. The van der Waals surface area contributed by atoms with Gasteiger partial charge in [-0.05, 0) is 303 Å². The minimum atomic E-state index is -0.495. The third-order valence-electron chi connectivity index (χ3n) is 25.8. The number of rotatable bonds is 8. The lowest BCUT2D eigenvalue weighted by Crippen LogP contribution is -2.54. The normalized spacial score (nSPS) is 39.5. The van der Waals surface area contributed by atoms with Crippen LogP contribution in [0.4, 0.5) is 8.78 Å². The van der Waals surface area contributed by atoms with Crippen molar-refractivity contribution < 1.29 is 24.1 Å². The van der Waals surface area contributed by atoms with Crippen LogP contribution < -0.4 is 0 Å². The largest absolute Gasteiger partial charge is 0.393 e. The molecular weight excluding hydrogens is 1060 g/mol. The summed E-state index contributed by atoms with van der Waals surface area (Å²) >= 11 is 0. The Bertz CT molecular complexity index is 1630. The second kappa shape index (κ2) is 38.8. The van der Waals surface area contributed by atoms with Crippen molar-refractivity contribution in [2.75, 3.05) is 0 Å². The molecule has 14 aliphatic rings. The lowest BCUT2D eigenvalue weighted by Gasteiger charge is -2.64. The first kappa shape index (κ1) is 87.8. The van der Waals surface area contributed by atoms with E-state index in [4.69, 9.17) is 0 Å². The molecule has 14 rings (SSSR count). The molecule has 8 atom stereocenters. The standard InChI is InChI=1S/C13H22.C11H20.C10H20O.C9H18O.2C8H15F.C8H16O.C8H14.6CH4/c1-9(2)13-6-10-3-11(7-13)5-12(4-10)8-13;1-9(2)11-6-4-10(3,8-11)5-7-11;1-8(2)9-4-6-10(3,11)7-5-9;1-7(2)8-5-3-4-6-9(8)10;1-6(2)7-3-4-8(9)5-7;2*1-6(2)7-4-3-5-8(7)9;1-6(2)8-3-7(4-8)5-8;;;;;;/h9-12H,3-8H2,1-2H3;9H,4-8H2,1-3H3;8-9,11H,4-7H2,1-3H3;7-10H,3-6H2,1-2H3;2*6-8H,3-5H2,1-2H3;6-9H,3-5H2,1-2H3;6-7H,3-5H2,1-2H3;6*1H4. The summed E-state index contributed by atoms with van der Waals surface area (Å²) in [5.41, 5.74) is 2.84. The van der Waals surface area contributed by atoms with E-state index in [1.807, 2.05) is 6.92 Å². The van der Waals surface area contributed by atoms with E-state index in [2.05, 4.69) is 118 Å². The molecule has 0 aliphatic heterocycles. The molecule has 0 saturated heterocycles. The van der Waals surface area contributed by atoms with Crippen molar-refractivity contribution in [2.45, 2.75) is 398 Å². The van der Waals surface area contributed by atoms with E-state index >= 15 is 0 Å². The smallest absolute Gasteiger partial charge is 0.103 e. The molecule has 5 heteroatoms. The zero-order valence-electron chi connectivity index (χ0n) is 56.6. The van der Waals surface area contributed by atoms with E-state index < -0.39 is 12.3 Å². The van der Waals surface area contributed by atoms with Crippen LogP contribution in [0.5, 0.6) is 0 Å². The average molecular weight is 1220 g/mol. The van der Waals surface area contributed by atoms with Gasteiger partial charge >= 0.3 is 0 Å². The van der Waals surface area contributed by atoms with E-state index in [1.54, 1.807) is 57.8 Å². The lowest BCUT2D eigenvalue weighted by atomic mass is 9.41. The van der Waals surface area contributed by atoms with Crippen LogP contribution in [0.2, 0.25) is 0 Å². The summed E-state index contributed by atoms with van der Waals surface area (Å²) < 4.78 is 25.4. The van der Waals surface area contributed by atoms with Crippen LogP contribution in [0.15, 0.2) is 0 Å². The van der Waals surface area contributed by atoms with Gasteiger partial charge < -0.3 is 15.3 Å². The van der Waals surface area contributed by atoms with E-state index in [1.165, 1.54) is 77.0 Å². The first-order valence-corrected chi connectivity index (χ1v) is 35.7. The highest BCUT2D eigenvalue weighted by Gasteiger charge is 2.58. The van der Waals surface area contributed by atoms with Gasteiger partial charge in [0.15, 0.2) is 0 Å². The summed E-state index contributed by atoms with van der Waals surface area (Å²) in [7, 11) is 0. The highest BCUT2D eigenvalue weighted by molar-refractivity contribution is 5.08. The topological polar surface area (TPSA) is 60.7 Å². The van der Waals surface area contributed by atoms with Crippen LogP contribution >= 0.6 is 0 Å². The molecule has 14 saturated carbocycles. The Morgan fingerprint density at radius 1 is 0.349 bits per heavy atom. The molecule has 0 aromatic carbocycles. The number of halogens is 2. The van der Waals surface area contributed by atoms with Gasteiger partial charge in [0.25, 0.3) is 0 Å². The zero-order chi connectivity index (χ0) is 59.5. The Morgan fingerprint density at radius 3 is 0.942 bits per heavy atom. The number of aliphatic hydroxyl groups excluding tert-OH is 2. The average Bonchev–Trinajstić information content (AvgIpc) is 1.06. The van der Waals surface area contributed by atoms with Crippen molar-refractivity contribution in [1.29, 1.82) is 0 Å². The molecule has 3 nitrogen and oxygen atoms in total. The zero-order valence-corrected chi connectivity index (χ0v) is 56.6. The van der Waals surface area contributed by atoms with Crippen molar-refractivity contribution in [3.8, 4) is 0 Å². The third kappa shape index (κ3) is 24.9. The van der Waals surface area contributed by atoms with Gasteiger partial charge in [0, 0.05) is 0 Å². The molecule has 14 fully saturated rings. The fourth-order valence-electron chi connectivity index (χ4n) is 19.3. The van der Waals surface area contributed by atoms with E-state index in [9.17, 15) is 24.1 Å². The quantitative estimate of drug-likeness (QED) is 0.227. The van der Waals surface area contributed by atoms with Crippen molar-refractivity contribution in [1.82, 2.24) is 0 Å². The molecule has 0 aromatic heterocycles. The second-order valence-corrected chi connectivity index (χ2v) is 34.4. The van der Waals surface area contributed by atoms with Crippen molar-refractivity contribution in [2.24, 2.45) is 122 Å². The van der Waals surface area contributed by atoms with Crippen molar-refractivity contribution in [3.63, 3.8) is 0 Å². The minimum absolute atomic E-state index is 0. The molecule has 0 aromatic rings. The van der Waals surface area contributed by atoms with E-state index in [0.29, 0.717) is 47.3 Å². The van der Waals surface area contributed by atoms with Gasteiger partial charge in [0.05, 0.1) is 17.8 Å². The molecule has 0 radical (unpaired) electrons. The highest BCUT2D eigenvalue weighted by atomic mass is 19.1. The Kier molecular flexibility index (Phi) is 39.6. The third-order valence-corrected chi connectivity index (χ3v) is 25.8. The maximum Gasteiger partial charge on any atom is 0.103 e. The highest BCUT2D eigenvalue weighted by Crippen LogP contribution is 2.68. The molecule has 8 unspecified atom stereocenters. The lowest BCUT2D eigenvalue weighted by molar-refractivity contribution is -0.141. The monoisotopic (exact) mass is 1220 g/mol. The van der Waals surface area contributed by atoms with Crippen LogP contribution in [0.3, 0.4) is 0 Å². The predicted molar refractivity (Wildman–Crippen MR) is 381 cm³/mol. The van der Waals surface area contributed by atoms with Gasteiger partial charge in [-0.1, -0.05) is 188 Å². The van der Waals surface area contributed by atoms with Crippen LogP contribution in [0.25, 0.3) is 0 Å². The molecule has 0 amide bonds. The molecule has 86 heavy (non-hydrogen) atoms. The summed E-state index contributed by atoms with van der Waals surface area (Å²) in [6.45, 7) is 40.9. The molecule has 14 aliphatic carbocycles. The fourth-order valence-corrected chi connectivity index (χ4v) is 19.3. The van der Waals surface area contributed by atoms with Crippen LogP contribution in [-0.4, -0.2) is 45.5 Å². The van der Waals surface area contributed by atoms with Crippen molar-refractivity contribution in [3.05, 3.63) is 0 Å². The Balaban J connectivity index is 0. The SMILES string of the molecule is C.C.C.C.C.C.CC(C)C12CC(C1)C2.CC(C)C12CC3CC(CC(C3)C1)C2.CC(C)C12CCC(C)(CC1)C2.CC(C)C1CCC(C)(O)CC1.CC(C)C1CCC(F)C1.CC(C)C1CCCC1F.CC(C)C1CCCC1O.CC(C)C1CCCCC1O. The first-order valence-electron chi connectivity index (χ1n) is 35.7. The number of aliphatic hydroxyl groups is 3. The Labute approximate surface area is 542 Å². The van der Waals surface area contributed by atoms with Crippen molar-refractivity contribution >= 4 is 0 Å². The number of fused-ring (bicyclic) bond motifs is 2. The summed E-state index contributed by atoms with van der Waals surface area (Å²) in [5.74, 6) is 13.8. The molecule has 3 N–H and O–H groups in total. The molecular formula is C81H164F2O3. The Morgan fingerprint density at radius 2 is 0.709 bits per heavy atom. The van der Waals surface area contributed by atoms with Crippen LogP contribution in [0.1, 0.15) is 368 Å². The number of alkyl halides is 2. The molecule has 8 bridgehead atoms. The molecule has 520 valence electrons. The van der Waals surface area contributed by atoms with Gasteiger partial charge in [-0.2, -0.15) is 0 Å². The first-order chi connectivity index (χ1) is 37.3. The maximum atomic E-state index is 12.8. The summed E-state index contributed by atoms with van der Waals surface area (Å²) in [4.78, 5) is 0. The maximum absolute atomic E-state index is 12.8. The van der Waals surface area contributed by atoms with Gasteiger partial charge in [-0.15, -0.1) is 0 Å². The number of hydrogen-bond acceptors (Lipinski definition) is 3. The summed E-state index contributed by atoms with van der Waals surface area (Å²) in [5, 5.41) is 28.6. The van der Waals surface area contributed by atoms with E-state index in [-0.39, 0.29) is 62.4 Å².